The van der Waals surface area contributed by atoms with E-state index in [2.05, 4.69) is 4.18 Å². The van der Waals surface area contributed by atoms with E-state index in [4.69, 9.17) is 14.4 Å². The van der Waals surface area contributed by atoms with Crippen molar-refractivity contribution in [3.63, 3.8) is 0 Å². The summed E-state index contributed by atoms with van der Waals surface area (Å²) in [5.41, 5.74) is 0. The topological polar surface area (TPSA) is 113 Å². The van der Waals surface area contributed by atoms with Crippen molar-refractivity contribution in [1.82, 2.24) is 0 Å². The Kier molecular flexibility index (Phi) is 4.11. The molecular weight excluding hydrogens is 216 g/mol. The monoisotopic (exact) mass is 226 g/mol. The van der Waals surface area contributed by atoms with E-state index in [9.17, 15) is 14.1 Å². The van der Waals surface area contributed by atoms with Crippen molar-refractivity contribution in [2.24, 2.45) is 0 Å². The third-order valence-electron chi connectivity index (χ3n) is 1.84. The molecule has 1 fully saturated rings. The van der Waals surface area contributed by atoms with Gasteiger partial charge in [-0.3, -0.25) is 8.74 Å². The van der Waals surface area contributed by atoms with Crippen molar-refractivity contribution >= 4 is 17.6 Å². The zero-order valence-electron chi connectivity index (χ0n) is 6.98. The molecule has 5 atom stereocenters. The molecule has 14 heavy (non-hydrogen) atoms. The molecular formula is C6H10O7S. The van der Waals surface area contributed by atoms with Crippen LogP contribution in [-0.4, -0.2) is 56.3 Å². The largest absolute Gasteiger partial charge is 0.388 e. The van der Waals surface area contributed by atoms with Gasteiger partial charge in [0.25, 0.3) is 0 Å². The minimum Gasteiger partial charge on any atom is -0.388 e. The van der Waals surface area contributed by atoms with E-state index in [1.807, 2.05) is 0 Å². The highest BCUT2D eigenvalue weighted by atomic mass is 32.2. The van der Waals surface area contributed by atoms with Crippen LogP contribution in [0.15, 0.2) is 0 Å². The Morgan fingerprint density at radius 3 is 2.57 bits per heavy atom. The molecule has 1 aliphatic rings. The molecule has 1 unspecified atom stereocenters. The fraction of sp³-hybridized carbons (Fsp3) is 0.833. The number of aliphatic hydroxyl groups is 2. The van der Waals surface area contributed by atoms with Gasteiger partial charge in [0.2, 0.25) is 0 Å². The van der Waals surface area contributed by atoms with Crippen LogP contribution in [0, 0.1) is 0 Å². The van der Waals surface area contributed by atoms with Crippen molar-refractivity contribution in [3.8, 4) is 0 Å². The Morgan fingerprint density at radius 1 is 1.57 bits per heavy atom. The normalized spacial score (nSPS) is 36.6. The number of ether oxygens (including phenoxy) is 1. The first-order valence-electron chi connectivity index (χ1n) is 3.77. The Bertz CT molecular complexity index is 232. The number of hydrogen-bond acceptors (Lipinski definition) is 6. The third-order valence-corrected chi connectivity index (χ3v) is 2.23. The smallest absolute Gasteiger partial charge is 0.302 e. The molecule has 0 amide bonds. The lowest BCUT2D eigenvalue weighted by Gasteiger charge is -2.18. The van der Waals surface area contributed by atoms with Gasteiger partial charge in [0.05, 0.1) is 6.61 Å². The Labute approximate surface area is 82.1 Å². The Hall–Kier alpha value is -0.380. The van der Waals surface area contributed by atoms with Gasteiger partial charge in [-0.05, 0) is 0 Å². The van der Waals surface area contributed by atoms with E-state index >= 15 is 0 Å². The molecule has 0 bridgehead atoms. The predicted molar refractivity (Wildman–Crippen MR) is 43.5 cm³/mol. The maximum atomic E-state index is 10.4. The van der Waals surface area contributed by atoms with Crippen molar-refractivity contribution in [2.45, 2.75) is 24.4 Å². The molecule has 7 nitrogen and oxygen atoms in total. The zero-order chi connectivity index (χ0) is 10.7. The fourth-order valence-corrected chi connectivity index (χ4v) is 1.51. The molecule has 0 aliphatic carbocycles. The van der Waals surface area contributed by atoms with E-state index < -0.39 is 35.8 Å². The Balaban J connectivity index is 2.61. The molecule has 8 heteroatoms. The maximum Gasteiger partial charge on any atom is 0.302 e. The van der Waals surface area contributed by atoms with Gasteiger partial charge in [-0.15, -0.1) is 0 Å². The summed E-state index contributed by atoms with van der Waals surface area (Å²) in [4.78, 5) is 10.4. The van der Waals surface area contributed by atoms with Crippen LogP contribution in [0.4, 0.5) is 0 Å². The third kappa shape index (κ3) is 2.56. The highest BCUT2D eigenvalue weighted by molar-refractivity contribution is 7.74. The molecule has 0 spiro atoms. The molecule has 0 aromatic rings. The molecule has 1 saturated heterocycles. The van der Waals surface area contributed by atoms with E-state index in [1.165, 1.54) is 0 Å². The van der Waals surface area contributed by atoms with E-state index in [1.54, 1.807) is 0 Å². The second kappa shape index (κ2) is 4.91. The van der Waals surface area contributed by atoms with Crippen LogP contribution in [0.25, 0.3) is 0 Å². The lowest BCUT2D eigenvalue weighted by molar-refractivity contribution is -0.122. The molecule has 1 heterocycles. The van der Waals surface area contributed by atoms with Crippen molar-refractivity contribution < 1.29 is 32.7 Å². The zero-order valence-corrected chi connectivity index (χ0v) is 7.79. The SMILES string of the molecule is O=C[C@H](OS(=O)O)[C@H]1OC[C@@H](O)[C@@H]1O. The van der Waals surface area contributed by atoms with Crippen molar-refractivity contribution in [2.75, 3.05) is 6.61 Å². The summed E-state index contributed by atoms with van der Waals surface area (Å²) in [5, 5.41) is 18.3. The number of hydrogen-bond donors (Lipinski definition) is 3. The van der Waals surface area contributed by atoms with E-state index in [0.29, 0.717) is 0 Å². The van der Waals surface area contributed by atoms with Crippen molar-refractivity contribution in [3.05, 3.63) is 0 Å². The quantitative estimate of drug-likeness (QED) is 0.369. The van der Waals surface area contributed by atoms with E-state index in [0.717, 1.165) is 0 Å². The average Bonchev–Trinajstić information content (AvgIpc) is 2.44. The van der Waals surface area contributed by atoms with Gasteiger partial charge in [-0.1, -0.05) is 0 Å². The molecule has 0 saturated carbocycles. The molecule has 1 aliphatic heterocycles. The first-order valence-corrected chi connectivity index (χ1v) is 4.80. The highest BCUT2D eigenvalue weighted by Gasteiger charge is 2.41. The lowest BCUT2D eigenvalue weighted by atomic mass is 10.1. The summed E-state index contributed by atoms with van der Waals surface area (Å²) < 4.78 is 27.7. The highest BCUT2D eigenvalue weighted by Crippen LogP contribution is 2.18. The first-order chi connectivity index (χ1) is 6.56. The molecule has 0 radical (unpaired) electrons. The van der Waals surface area contributed by atoms with Crippen LogP contribution < -0.4 is 0 Å². The van der Waals surface area contributed by atoms with Crippen LogP contribution in [0.3, 0.4) is 0 Å². The summed E-state index contributed by atoms with van der Waals surface area (Å²) in [6.07, 6.45) is -4.65. The number of carbonyl (C=O) groups excluding carboxylic acids is 1. The van der Waals surface area contributed by atoms with Gasteiger partial charge in [0.1, 0.15) is 18.3 Å². The van der Waals surface area contributed by atoms with Gasteiger partial charge < -0.3 is 19.7 Å². The summed E-state index contributed by atoms with van der Waals surface area (Å²) in [5.74, 6) is 0. The van der Waals surface area contributed by atoms with Gasteiger partial charge in [0.15, 0.2) is 12.4 Å². The summed E-state index contributed by atoms with van der Waals surface area (Å²) in [6, 6.07) is 0. The summed E-state index contributed by atoms with van der Waals surface area (Å²) in [7, 11) is 0. The number of aldehydes is 1. The van der Waals surface area contributed by atoms with Crippen LogP contribution >= 0.6 is 0 Å². The number of carbonyl (C=O) groups is 1. The molecule has 3 N–H and O–H groups in total. The predicted octanol–water partition coefficient (Wildman–Crippen LogP) is -2.17. The maximum absolute atomic E-state index is 10.4. The summed E-state index contributed by atoms with van der Waals surface area (Å²) >= 11 is -2.62. The number of aliphatic hydroxyl groups excluding tert-OH is 2. The minimum atomic E-state index is -2.62. The van der Waals surface area contributed by atoms with Crippen LogP contribution in [-0.2, 0) is 25.1 Å². The van der Waals surface area contributed by atoms with Crippen molar-refractivity contribution in [1.29, 1.82) is 0 Å². The van der Waals surface area contributed by atoms with Gasteiger partial charge in [0, 0.05) is 0 Å². The van der Waals surface area contributed by atoms with Crippen LogP contribution in [0.1, 0.15) is 0 Å². The molecule has 0 aromatic carbocycles. The second-order valence-electron chi connectivity index (χ2n) is 2.77. The molecule has 0 aromatic heterocycles. The Morgan fingerprint density at radius 2 is 2.21 bits per heavy atom. The van der Waals surface area contributed by atoms with Crippen LogP contribution in [0.5, 0.6) is 0 Å². The summed E-state index contributed by atoms with van der Waals surface area (Å²) in [6.45, 7) is -0.141. The average molecular weight is 226 g/mol. The van der Waals surface area contributed by atoms with Gasteiger partial charge in [-0.25, -0.2) is 0 Å². The fourth-order valence-electron chi connectivity index (χ4n) is 1.16. The van der Waals surface area contributed by atoms with Crippen LogP contribution in [0.2, 0.25) is 0 Å². The van der Waals surface area contributed by atoms with Gasteiger partial charge >= 0.3 is 11.4 Å². The molecule has 1 rings (SSSR count). The second-order valence-corrected chi connectivity index (χ2v) is 3.40. The number of rotatable bonds is 4. The van der Waals surface area contributed by atoms with Gasteiger partial charge in [-0.2, -0.15) is 4.21 Å². The first kappa shape index (κ1) is 11.7. The standard InChI is InChI=1S/C6H10O7S/c7-1-4(13-14(10)11)6-5(9)3(8)2-12-6/h1,3-6,8-9H,2H2,(H,10,11)/t3-,4+,5+,6-/m1/s1. The minimum absolute atomic E-state index is 0.141. The molecule has 82 valence electrons. The van der Waals surface area contributed by atoms with E-state index in [-0.39, 0.29) is 12.9 Å². The lowest BCUT2D eigenvalue weighted by Crippen LogP contribution is -2.41.